The summed E-state index contributed by atoms with van der Waals surface area (Å²) in [5, 5.41) is 56.7. The Labute approximate surface area is 449 Å². The van der Waals surface area contributed by atoms with Crippen molar-refractivity contribution in [3.05, 3.63) is 122 Å². The van der Waals surface area contributed by atoms with Crippen molar-refractivity contribution in [3.8, 4) is 0 Å². The van der Waals surface area contributed by atoms with Crippen LogP contribution in [0.25, 0.3) is 0 Å². The van der Waals surface area contributed by atoms with Crippen molar-refractivity contribution in [2.45, 2.75) is 250 Å². The molecule has 11 nitrogen and oxygen atoms in total. The Bertz CT molecular complexity index is 1660. The molecule has 1 heterocycles. The molecular weight excluding hydrogens is 931 g/mol. The van der Waals surface area contributed by atoms with E-state index in [1.165, 1.54) is 64.2 Å². The van der Waals surface area contributed by atoms with Crippen LogP contribution in [0.5, 0.6) is 0 Å². The SMILES string of the molecule is CC/C=C\C/C=C\C/C=C\C/C=C\C/C=C\CCC(O)C(=O)NC(COC1OC(CO)C(O)C(O)C1OC(=O)CCC/C=C\C/C=C\C/C=C\C/C=C\CCCCC)C(O)/C=C/CCCCCCCCCCCC. The molecule has 0 aromatic rings. The van der Waals surface area contributed by atoms with E-state index in [4.69, 9.17) is 14.2 Å². The standard InChI is InChI=1S/C63H103NO10/c1-4-7-10-13-16-19-22-25-27-29-31-33-36-39-42-45-48-51-58(68)74-61-60(70)59(69)57(52-65)73-63(61)72-53-54(55(66)49-46-43-40-37-34-24-21-18-15-12-9-6-3)64-62(71)56(67)50-47-44-41-38-35-32-30-28-26-23-20-17-14-11-8-5-2/h8,11,16-17,19-20,25-28,31-33,35,39,41-42,44,46,49,54-57,59-61,63,65-67,69-70H,4-7,9-10,12-15,18,21-24,29-30,34,36-38,40,43,45,47-48,50-53H2,1-3H3,(H,64,71)/b11-8-,19-16-,20-17-,27-25-,28-26-,33-31-,35-32-,42-39-,44-41-,49-46+. The lowest BCUT2D eigenvalue weighted by molar-refractivity contribution is -0.305. The lowest BCUT2D eigenvalue weighted by atomic mass is 9.99. The van der Waals surface area contributed by atoms with Crippen LogP contribution in [0.4, 0.5) is 0 Å². The fourth-order valence-electron chi connectivity index (χ4n) is 8.03. The molecule has 8 atom stereocenters. The van der Waals surface area contributed by atoms with Crippen molar-refractivity contribution < 1.29 is 49.3 Å². The highest BCUT2D eigenvalue weighted by molar-refractivity contribution is 5.80. The molecule has 1 amide bonds. The summed E-state index contributed by atoms with van der Waals surface area (Å²) < 4.78 is 17.5. The summed E-state index contributed by atoms with van der Waals surface area (Å²) in [4.78, 5) is 26.4. The minimum atomic E-state index is -1.65. The Balaban J connectivity index is 2.82. The third kappa shape index (κ3) is 37.7. The van der Waals surface area contributed by atoms with Crippen LogP contribution in [0.3, 0.4) is 0 Å². The maximum Gasteiger partial charge on any atom is 0.306 e. The zero-order valence-corrected chi connectivity index (χ0v) is 46.2. The molecule has 0 radical (unpaired) electrons. The lowest BCUT2D eigenvalue weighted by Crippen LogP contribution is -2.61. The molecule has 0 aromatic heterocycles. The first-order chi connectivity index (χ1) is 36.2. The zero-order chi connectivity index (χ0) is 54.0. The summed E-state index contributed by atoms with van der Waals surface area (Å²) in [6.45, 7) is 5.55. The highest BCUT2D eigenvalue weighted by Crippen LogP contribution is 2.26. The predicted octanol–water partition coefficient (Wildman–Crippen LogP) is 13.1. The number of allylic oxidation sites excluding steroid dienone is 19. The first kappa shape index (κ1) is 68.1. The van der Waals surface area contributed by atoms with Crippen molar-refractivity contribution in [1.29, 1.82) is 0 Å². The maximum absolute atomic E-state index is 13.4. The molecule has 11 heteroatoms. The van der Waals surface area contributed by atoms with Gasteiger partial charge in [-0.25, -0.2) is 0 Å². The number of amides is 1. The predicted molar refractivity (Wildman–Crippen MR) is 305 cm³/mol. The molecule has 0 saturated carbocycles. The number of aliphatic hydroxyl groups is 5. The van der Waals surface area contributed by atoms with E-state index in [0.29, 0.717) is 19.3 Å². The molecule has 74 heavy (non-hydrogen) atoms. The number of carbonyl (C=O) groups excluding carboxylic acids is 2. The van der Waals surface area contributed by atoms with Crippen LogP contribution in [0, 0.1) is 0 Å². The first-order valence-electron chi connectivity index (χ1n) is 28.8. The van der Waals surface area contributed by atoms with E-state index >= 15 is 0 Å². The van der Waals surface area contributed by atoms with Crippen molar-refractivity contribution in [2.24, 2.45) is 0 Å². The Morgan fingerprint density at radius 2 is 0.973 bits per heavy atom. The van der Waals surface area contributed by atoms with Crippen LogP contribution >= 0.6 is 0 Å². The number of aliphatic hydroxyl groups excluding tert-OH is 5. The van der Waals surface area contributed by atoms with Gasteiger partial charge in [0.15, 0.2) is 12.4 Å². The number of hydrogen-bond acceptors (Lipinski definition) is 10. The summed E-state index contributed by atoms with van der Waals surface area (Å²) in [6.07, 6.45) is 58.2. The number of carbonyl (C=O) groups is 2. The number of unbranched alkanes of at least 4 members (excludes halogenated alkanes) is 14. The minimum absolute atomic E-state index is 0.0340. The van der Waals surface area contributed by atoms with Crippen LogP contribution in [-0.4, -0.2) is 99.6 Å². The first-order valence-corrected chi connectivity index (χ1v) is 28.8. The van der Waals surface area contributed by atoms with Gasteiger partial charge in [-0.2, -0.15) is 0 Å². The molecule has 6 N–H and O–H groups in total. The highest BCUT2D eigenvalue weighted by Gasteiger charge is 2.47. The summed E-state index contributed by atoms with van der Waals surface area (Å²) in [5.41, 5.74) is 0. The molecule has 1 aliphatic rings. The number of esters is 1. The Hall–Kier alpha value is -3.94. The van der Waals surface area contributed by atoms with E-state index in [-0.39, 0.29) is 19.4 Å². The zero-order valence-electron chi connectivity index (χ0n) is 46.2. The van der Waals surface area contributed by atoms with Gasteiger partial charge in [0, 0.05) is 6.42 Å². The molecule has 1 saturated heterocycles. The molecule has 0 spiro atoms. The molecule has 420 valence electrons. The van der Waals surface area contributed by atoms with Crippen LogP contribution < -0.4 is 5.32 Å². The summed E-state index contributed by atoms with van der Waals surface area (Å²) in [7, 11) is 0. The number of nitrogens with one attached hydrogen (secondary N) is 1. The lowest BCUT2D eigenvalue weighted by Gasteiger charge is -2.41. The van der Waals surface area contributed by atoms with E-state index in [0.717, 1.165) is 83.5 Å². The van der Waals surface area contributed by atoms with Crippen molar-refractivity contribution in [1.82, 2.24) is 5.32 Å². The Morgan fingerprint density at radius 1 is 0.541 bits per heavy atom. The summed E-state index contributed by atoms with van der Waals surface area (Å²) in [5.74, 6) is -1.33. The third-order valence-electron chi connectivity index (χ3n) is 12.6. The van der Waals surface area contributed by atoms with Crippen LogP contribution in [0.15, 0.2) is 122 Å². The van der Waals surface area contributed by atoms with Crippen molar-refractivity contribution >= 4 is 11.9 Å². The largest absolute Gasteiger partial charge is 0.454 e. The van der Waals surface area contributed by atoms with E-state index < -0.39 is 67.4 Å². The molecular formula is C63H103NO10. The van der Waals surface area contributed by atoms with Crippen LogP contribution in [0.2, 0.25) is 0 Å². The molecule has 0 aromatic carbocycles. The second-order valence-corrected chi connectivity index (χ2v) is 19.3. The Morgan fingerprint density at radius 3 is 1.49 bits per heavy atom. The number of rotatable bonds is 46. The topological polar surface area (TPSA) is 175 Å². The average Bonchev–Trinajstić information content (AvgIpc) is 3.40. The van der Waals surface area contributed by atoms with Gasteiger partial charge in [0.2, 0.25) is 5.91 Å². The monoisotopic (exact) mass is 1030 g/mol. The smallest absolute Gasteiger partial charge is 0.306 e. The van der Waals surface area contributed by atoms with Crippen LogP contribution in [0.1, 0.15) is 201 Å². The molecule has 1 fully saturated rings. The molecule has 1 aliphatic heterocycles. The molecule has 8 unspecified atom stereocenters. The van der Waals surface area contributed by atoms with E-state index in [1.54, 1.807) is 6.08 Å². The quantitative estimate of drug-likeness (QED) is 0.0196. The third-order valence-corrected chi connectivity index (χ3v) is 12.6. The number of ether oxygens (including phenoxy) is 3. The van der Waals surface area contributed by atoms with Crippen molar-refractivity contribution in [2.75, 3.05) is 13.2 Å². The van der Waals surface area contributed by atoms with Crippen LogP contribution in [-0.2, 0) is 23.8 Å². The maximum atomic E-state index is 13.4. The van der Waals surface area contributed by atoms with Gasteiger partial charge in [-0.3, -0.25) is 9.59 Å². The molecule has 0 bridgehead atoms. The van der Waals surface area contributed by atoms with Gasteiger partial charge in [0.05, 0.1) is 25.4 Å². The normalized spacial score (nSPS) is 20.2. The van der Waals surface area contributed by atoms with Gasteiger partial charge in [0.25, 0.3) is 0 Å². The van der Waals surface area contributed by atoms with Gasteiger partial charge in [0.1, 0.15) is 24.4 Å². The fraction of sp³-hybridized carbons (Fsp3) is 0.651. The fourth-order valence-corrected chi connectivity index (χ4v) is 8.03. The van der Waals surface area contributed by atoms with Gasteiger partial charge in [-0.05, 0) is 103 Å². The summed E-state index contributed by atoms with van der Waals surface area (Å²) >= 11 is 0. The highest BCUT2D eigenvalue weighted by atomic mass is 16.7. The van der Waals surface area contributed by atoms with E-state index in [2.05, 4.69) is 111 Å². The van der Waals surface area contributed by atoms with Gasteiger partial charge in [-0.1, -0.05) is 213 Å². The van der Waals surface area contributed by atoms with Gasteiger partial charge in [-0.15, -0.1) is 0 Å². The van der Waals surface area contributed by atoms with E-state index in [1.807, 2.05) is 30.4 Å². The minimum Gasteiger partial charge on any atom is -0.454 e. The summed E-state index contributed by atoms with van der Waals surface area (Å²) in [6, 6.07) is -1.07. The van der Waals surface area contributed by atoms with Gasteiger partial charge < -0.3 is 45.1 Å². The second kappa shape index (κ2) is 49.9. The van der Waals surface area contributed by atoms with Gasteiger partial charge >= 0.3 is 5.97 Å². The second-order valence-electron chi connectivity index (χ2n) is 19.3. The number of hydrogen-bond donors (Lipinski definition) is 6. The average molecular weight is 1030 g/mol. The van der Waals surface area contributed by atoms with Crippen molar-refractivity contribution in [3.63, 3.8) is 0 Å². The molecule has 0 aliphatic carbocycles. The molecule has 1 rings (SSSR count). The van der Waals surface area contributed by atoms with E-state index in [9.17, 15) is 35.1 Å². The Kier molecular flexibility index (Phi) is 45.9.